The number of ether oxygens (including phenoxy) is 1. The van der Waals surface area contributed by atoms with Gasteiger partial charge in [0.2, 0.25) is 12.2 Å². The fourth-order valence-electron chi connectivity index (χ4n) is 5.13. The summed E-state index contributed by atoms with van der Waals surface area (Å²) in [5.74, 6) is -4.59. The van der Waals surface area contributed by atoms with Crippen LogP contribution in [0, 0.1) is 0 Å². The van der Waals surface area contributed by atoms with Crippen LogP contribution in [0.25, 0.3) is 22.3 Å². The quantitative estimate of drug-likeness (QED) is 0.172. The van der Waals surface area contributed by atoms with E-state index in [9.17, 15) is 19.1 Å². The normalized spacial score (nSPS) is 36.7. The van der Waals surface area contributed by atoms with Crippen molar-refractivity contribution in [2.45, 2.75) is 47.3 Å². The van der Waals surface area contributed by atoms with Crippen molar-refractivity contribution >= 4 is 72.2 Å². The van der Waals surface area contributed by atoms with Gasteiger partial charge in [0.15, 0.2) is 34.2 Å². The number of rotatable bonds is 2. The Labute approximate surface area is 261 Å². The van der Waals surface area contributed by atoms with Crippen molar-refractivity contribution in [3.8, 4) is 0 Å². The van der Waals surface area contributed by atoms with E-state index in [-0.39, 0.29) is 34.1 Å². The maximum absolute atomic E-state index is 15.9. The first-order chi connectivity index (χ1) is 21.6. The first kappa shape index (κ1) is 31.8. The van der Waals surface area contributed by atoms with Crippen LogP contribution in [-0.4, -0.2) is 103 Å². The number of nitrogens with zero attached hydrogens (tertiary/aromatic N) is 8. The topological polar surface area (TPSA) is 276 Å². The smallest absolute Gasteiger partial charge is 0.382 e. The molecule has 2 bridgehead atoms. The Hall–Kier alpha value is -2.83. The van der Waals surface area contributed by atoms with Crippen molar-refractivity contribution < 1.29 is 50.4 Å². The van der Waals surface area contributed by atoms with E-state index in [0.29, 0.717) is 4.68 Å². The third-order valence-electron chi connectivity index (χ3n) is 7.16. The molecule has 9 atom stereocenters. The van der Waals surface area contributed by atoms with Gasteiger partial charge in [-0.05, 0) is 11.8 Å². The number of hydrogen-bond acceptors (Lipinski definition) is 17. The number of alkyl halides is 3. The molecule has 46 heavy (non-hydrogen) atoms. The van der Waals surface area contributed by atoms with Gasteiger partial charge in [-0.25, -0.2) is 23.9 Å². The number of nitrogens with two attached hydrogens (primary N) is 2. The summed E-state index contributed by atoms with van der Waals surface area (Å²) < 4.78 is 88.7. The van der Waals surface area contributed by atoms with Gasteiger partial charge in [0.05, 0.1) is 24.8 Å². The van der Waals surface area contributed by atoms with Crippen molar-refractivity contribution in [3.63, 3.8) is 0 Å². The van der Waals surface area contributed by atoms with Crippen LogP contribution in [0.1, 0.15) is 11.6 Å². The summed E-state index contributed by atoms with van der Waals surface area (Å²) in [7, 11) is -5.38. The fraction of sp³-hybridized carbons (Fsp3) is 0.526. The fourth-order valence-corrected chi connectivity index (χ4v) is 9.16. The number of nitrogen functional groups attached to an aromatic ring is 2. The summed E-state index contributed by atoms with van der Waals surface area (Å²) >= 11 is 5.86. The van der Waals surface area contributed by atoms with Crippen molar-refractivity contribution in [1.82, 2.24) is 44.5 Å². The SMILES string of the molecule is Nc1nc2c(ncn2[C@@H]2S[C@@H]3COP(=O)(O)O[C@@H]4[C@@H](COP(O)(=S)O[C@@H]2[C@H]3F)OC(n2nnc3c(N)ncnc32)C4(F)F)c(=O)[nH]1. The monoisotopic (exact) mass is 729 g/mol. The van der Waals surface area contributed by atoms with Gasteiger partial charge >= 0.3 is 20.5 Å². The second-order valence-corrected chi connectivity index (χ2v) is 15.6. The summed E-state index contributed by atoms with van der Waals surface area (Å²) in [5.41, 5.74) is 10.1. The second-order valence-electron chi connectivity index (χ2n) is 10.1. The standard InChI is InChI=1S/C19H20F3N11O9P2S2/c20-7-6-2-38-43(35,36)42-11-5(40-17(19(11,21)22)33-13-8(30-31-33)12(23)25-3-26-13)1-39-44(37,45)41-10(7)16(46-6)32-4-27-9-14(32)28-18(24)29-15(9)34/h3-7,10-11,16-17H,1-2H2,(H,35,36)(H,37,45)(H2,23,25,26)(H3,24,28,29,34)/t5-,6-,7+,10-,11-,16-,17?,44?/m1/s1. The number of anilines is 2. The van der Waals surface area contributed by atoms with Crippen molar-refractivity contribution in [2.75, 3.05) is 24.7 Å². The second kappa shape index (κ2) is 11.1. The van der Waals surface area contributed by atoms with E-state index in [4.69, 9.17) is 46.1 Å². The third kappa shape index (κ3) is 5.38. The number of imidazole rings is 1. The zero-order valence-electron chi connectivity index (χ0n) is 22.4. The average Bonchev–Trinajstić information content (AvgIpc) is 3.71. The summed E-state index contributed by atoms with van der Waals surface area (Å²) in [6.07, 6.45) is -8.43. The highest BCUT2D eigenvalue weighted by atomic mass is 32.5. The Morgan fingerprint density at radius 3 is 2.70 bits per heavy atom. The Bertz CT molecular complexity index is 2000. The molecule has 27 heteroatoms. The number of nitrogens with one attached hydrogen (secondary N) is 1. The summed E-state index contributed by atoms with van der Waals surface area (Å²) in [6.45, 7) is -6.36. The predicted octanol–water partition coefficient (Wildman–Crippen LogP) is 0.138. The van der Waals surface area contributed by atoms with Crippen LogP contribution in [0.3, 0.4) is 0 Å². The zero-order valence-corrected chi connectivity index (χ0v) is 25.9. The molecule has 7 N–H and O–H groups in total. The molecule has 0 aromatic carbocycles. The van der Waals surface area contributed by atoms with Crippen LogP contribution in [0.15, 0.2) is 17.4 Å². The molecule has 20 nitrogen and oxygen atoms in total. The van der Waals surface area contributed by atoms with Gasteiger partial charge in [-0.15, -0.1) is 16.9 Å². The highest BCUT2D eigenvalue weighted by molar-refractivity contribution is 8.07. The van der Waals surface area contributed by atoms with Crippen molar-refractivity contribution in [2.24, 2.45) is 0 Å². The van der Waals surface area contributed by atoms with E-state index < -0.39 is 80.6 Å². The first-order valence-electron chi connectivity index (χ1n) is 12.8. The number of fused-ring (bicyclic) bond motifs is 5. The van der Waals surface area contributed by atoms with Gasteiger partial charge in [0, 0.05) is 0 Å². The molecule has 7 rings (SSSR count). The summed E-state index contributed by atoms with van der Waals surface area (Å²) in [6, 6.07) is 0. The molecule has 4 aromatic rings. The van der Waals surface area contributed by atoms with Crippen LogP contribution in [0.5, 0.6) is 0 Å². The van der Waals surface area contributed by atoms with E-state index in [2.05, 4.69) is 35.2 Å². The lowest BCUT2D eigenvalue weighted by Gasteiger charge is -2.27. The van der Waals surface area contributed by atoms with Gasteiger partial charge < -0.3 is 30.5 Å². The number of phosphoric ester groups is 1. The minimum atomic E-state index is -5.38. The number of aromatic amines is 1. The van der Waals surface area contributed by atoms with E-state index in [1.165, 1.54) is 4.57 Å². The summed E-state index contributed by atoms with van der Waals surface area (Å²) in [5, 5.41) is 4.82. The molecule has 3 unspecified atom stereocenters. The molecule has 0 spiro atoms. The average molecular weight is 730 g/mol. The van der Waals surface area contributed by atoms with Crippen molar-refractivity contribution in [1.29, 1.82) is 0 Å². The van der Waals surface area contributed by atoms with Gasteiger partial charge in [-0.1, -0.05) is 5.21 Å². The number of aromatic nitrogens is 9. The Morgan fingerprint density at radius 1 is 1.13 bits per heavy atom. The minimum absolute atomic E-state index is 0.0753. The molecular weight excluding hydrogens is 709 g/mol. The van der Waals surface area contributed by atoms with Crippen LogP contribution in [0.2, 0.25) is 0 Å². The van der Waals surface area contributed by atoms with E-state index in [0.717, 1.165) is 24.4 Å². The highest BCUT2D eigenvalue weighted by Gasteiger charge is 2.64. The zero-order chi connectivity index (χ0) is 32.8. The van der Waals surface area contributed by atoms with Crippen molar-refractivity contribution in [3.05, 3.63) is 23.0 Å². The molecule has 4 aromatic heterocycles. The van der Waals surface area contributed by atoms with Gasteiger partial charge in [-0.3, -0.25) is 27.9 Å². The van der Waals surface area contributed by atoms with Gasteiger partial charge in [0.1, 0.15) is 30.1 Å². The molecular formula is C19H20F3N11O9P2S2. The molecule has 248 valence electrons. The lowest BCUT2D eigenvalue weighted by atomic mass is 10.1. The third-order valence-corrected chi connectivity index (χ3v) is 11.2. The lowest BCUT2D eigenvalue weighted by molar-refractivity contribution is -0.141. The maximum Gasteiger partial charge on any atom is 0.472 e. The molecule has 3 fully saturated rings. The van der Waals surface area contributed by atoms with Crippen LogP contribution in [-0.2, 0) is 39.2 Å². The number of phosphoric acid groups is 1. The van der Waals surface area contributed by atoms with E-state index in [1.54, 1.807) is 0 Å². The predicted molar refractivity (Wildman–Crippen MR) is 152 cm³/mol. The Balaban J connectivity index is 1.23. The molecule has 7 heterocycles. The number of thioether (sulfide) groups is 1. The summed E-state index contributed by atoms with van der Waals surface area (Å²) in [4.78, 5) is 51.6. The highest BCUT2D eigenvalue weighted by Crippen LogP contribution is 2.58. The molecule has 0 aliphatic carbocycles. The number of halogens is 3. The molecule has 3 saturated heterocycles. The largest absolute Gasteiger partial charge is 0.472 e. The molecule has 0 amide bonds. The first-order valence-corrected chi connectivity index (χ1v) is 17.9. The van der Waals surface area contributed by atoms with Gasteiger partial charge in [-0.2, -0.15) is 18.4 Å². The van der Waals surface area contributed by atoms with E-state index in [1.807, 2.05) is 0 Å². The molecule has 3 aliphatic rings. The number of hydrogen-bond donors (Lipinski definition) is 5. The van der Waals surface area contributed by atoms with E-state index >= 15 is 13.2 Å². The molecule has 0 radical (unpaired) electrons. The van der Waals surface area contributed by atoms with Gasteiger partial charge in [0.25, 0.3) is 5.56 Å². The Morgan fingerprint density at radius 2 is 1.91 bits per heavy atom. The number of H-pyrrole nitrogens is 1. The minimum Gasteiger partial charge on any atom is -0.382 e. The lowest BCUT2D eigenvalue weighted by Crippen LogP contribution is -2.41. The Kier molecular flexibility index (Phi) is 7.68. The maximum atomic E-state index is 15.9. The van der Waals surface area contributed by atoms with Crippen LogP contribution in [0.4, 0.5) is 24.9 Å². The van der Waals surface area contributed by atoms with Crippen LogP contribution < -0.4 is 17.0 Å². The molecule has 0 saturated carbocycles. The van der Waals surface area contributed by atoms with Crippen LogP contribution >= 0.6 is 26.3 Å². The molecule has 3 aliphatic heterocycles.